The van der Waals surface area contributed by atoms with Crippen LogP contribution in [0.15, 0.2) is 41.7 Å². The average Bonchev–Trinajstić information content (AvgIpc) is 3.14. The Morgan fingerprint density at radius 2 is 2.26 bits per heavy atom. The maximum absolute atomic E-state index is 12.5. The summed E-state index contributed by atoms with van der Waals surface area (Å²) >= 11 is 6.04. The number of aromatic amines is 1. The molecule has 0 atom stereocenters. The number of anilines is 1. The minimum absolute atomic E-state index is 0.0325. The van der Waals surface area contributed by atoms with E-state index in [0.717, 1.165) is 5.39 Å². The number of rotatable bonds is 5. The normalized spacial score (nSPS) is 11.5. The van der Waals surface area contributed by atoms with Crippen molar-refractivity contribution in [3.8, 4) is 6.07 Å². The van der Waals surface area contributed by atoms with Gasteiger partial charge in [0.05, 0.1) is 41.5 Å². The maximum atomic E-state index is 12.5. The van der Waals surface area contributed by atoms with Gasteiger partial charge in [-0.3, -0.25) is 9.40 Å². The van der Waals surface area contributed by atoms with Crippen LogP contribution in [0.2, 0.25) is 5.02 Å². The van der Waals surface area contributed by atoms with E-state index in [1.807, 2.05) is 6.07 Å². The van der Waals surface area contributed by atoms with Gasteiger partial charge in [0, 0.05) is 17.8 Å². The first-order valence-corrected chi connectivity index (χ1v) is 8.55. The van der Waals surface area contributed by atoms with Gasteiger partial charge in [0.2, 0.25) is 0 Å². The number of benzene rings is 1. The van der Waals surface area contributed by atoms with Crippen LogP contribution in [-0.2, 0) is 16.6 Å². The van der Waals surface area contributed by atoms with E-state index < -0.39 is 10.0 Å². The summed E-state index contributed by atoms with van der Waals surface area (Å²) in [5, 5.41) is 13.8. The molecule has 3 rings (SSSR count). The van der Waals surface area contributed by atoms with Gasteiger partial charge in [0.1, 0.15) is 4.90 Å². The number of halogens is 1. The van der Waals surface area contributed by atoms with Crippen LogP contribution in [0.1, 0.15) is 6.42 Å². The standard InChI is InChI=1S/C14H12ClN5O2S/c15-12-8-17-14-11(12)3-1-4-13(14)19-23(21,22)10-7-18-20(9-10)6-2-5-16/h1,3-4,7-9,17,19H,2,6H2. The second-order valence-corrected chi connectivity index (χ2v) is 6.91. The van der Waals surface area contributed by atoms with Crippen molar-refractivity contribution in [3.05, 3.63) is 41.8 Å². The van der Waals surface area contributed by atoms with Crippen molar-refractivity contribution in [1.29, 1.82) is 5.26 Å². The number of para-hydroxylation sites is 1. The summed E-state index contributed by atoms with van der Waals surface area (Å²) in [6.07, 6.45) is 4.50. The van der Waals surface area contributed by atoms with E-state index in [4.69, 9.17) is 16.9 Å². The van der Waals surface area contributed by atoms with E-state index in [-0.39, 0.29) is 11.3 Å². The van der Waals surface area contributed by atoms with Gasteiger partial charge in [-0.15, -0.1) is 0 Å². The summed E-state index contributed by atoms with van der Waals surface area (Å²) in [6.45, 7) is 0.341. The van der Waals surface area contributed by atoms with Crippen LogP contribution in [0.3, 0.4) is 0 Å². The molecule has 0 bridgehead atoms. The fraction of sp³-hybridized carbons (Fsp3) is 0.143. The summed E-state index contributed by atoms with van der Waals surface area (Å²) in [4.78, 5) is 2.98. The van der Waals surface area contributed by atoms with Gasteiger partial charge in [0.15, 0.2) is 0 Å². The monoisotopic (exact) mass is 349 g/mol. The summed E-state index contributed by atoms with van der Waals surface area (Å²) in [5.41, 5.74) is 1.01. The Bertz CT molecular complexity index is 1000. The van der Waals surface area contributed by atoms with Crippen molar-refractivity contribution < 1.29 is 8.42 Å². The van der Waals surface area contributed by atoms with Gasteiger partial charge in [-0.05, 0) is 6.07 Å². The number of H-pyrrole nitrogens is 1. The molecule has 2 aromatic heterocycles. The molecular formula is C14H12ClN5O2S. The number of fused-ring (bicyclic) bond motifs is 1. The van der Waals surface area contributed by atoms with Crippen molar-refractivity contribution >= 4 is 38.2 Å². The molecule has 118 valence electrons. The molecule has 0 unspecified atom stereocenters. The minimum Gasteiger partial charge on any atom is -0.358 e. The van der Waals surface area contributed by atoms with E-state index in [9.17, 15) is 8.42 Å². The molecule has 0 aliphatic heterocycles. The van der Waals surface area contributed by atoms with Gasteiger partial charge in [-0.2, -0.15) is 10.4 Å². The Hall–Kier alpha value is -2.50. The minimum atomic E-state index is -3.78. The molecule has 23 heavy (non-hydrogen) atoms. The third-order valence-corrected chi connectivity index (χ3v) is 4.91. The van der Waals surface area contributed by atoms with Crippen LogP contribution in [0.25, 0.3) is 10.9 Å². The molecular weight excluding hydrogens is 338 g/mol. The molecule has 0 fully saturated rings. The highest BCUT2D eigenvalue weighted by Gasteiger charge is 2.18. The van der Waals surface area contributed by atoms with E-state index >= 15 is 0 Å². The summed E-state index contributed by atoms with van der Waals surface area (Å²) in [5.74, 6) is 0. The molecule has 1 aromatic carbocycles. The highest BCUT2D eigenvalue weighted by Crippen LogP contribution is 2.29. The SMILES string of the molecule is N#CCCn1cc(S(=O)(=O)Nc2cccc3c(Cl)c[nH]c23)cn1. The number of nitrogens with one attached hydrogen (secondary N) is 2. The van der Waals surface area contributed by atoms with Gasteiger partial charge in [0.25, 0.3) is 10.0 Å². The second kappa shape index (κ2) is 5.95. The van der Waals surface area contributed by atoms with Crippen LogP contribution in [0.4, 0.5) is 5.69 Å². The number of nitriles is 1. The quantitative estimate of drug-likeness (QED) is 0.739. The van der Waals surface area contributed by atoms with E-state index in [0.29, 0.717) is 22.8 Å². The van der Waals surface area contributed by atoms with Crippen LogP contribution in [-0.4, -0.2) is 23.2 Å². The largest absolute Gasteiger partial charge is 0.358 e. The average molecular weight is 350 g/mol. The number of sulfonamides is 1. The molecule has 2 heterocycles. The highest BCUT2D eigenvalue weighted by molar-refractivity contribution is 7.92. The predicted octanol–water partition coefficient (Wildman–Crippen LogP) is 2.73. The highest BCUT2D eigenvalue weighted by atomic mass is 35.5. The molecule has 0 aliphatic rings. The summed E-state index contributed by atoms with van der Waals surface area (Å²) in [6, 6.07) is 7.15. The lowest BCUT2D eigenvalue weighted by atomic mass is 10.2. The van der Waals surface area contributed by atoms with Crippen molar-refractivity contribution in [2.45, 2.75) is 17.9 Å². The van der Waals surface area contributed by atoms with Crippen molar-refractivity contribution in [2.24, 2.45) is 0 Å². The Morgan fingerprint density at radius 1 is 1.43 bits per heavy atom. The second-order valence-electron chi connectivity index (χ2n) is 4.82. The number of aryl methyl sites for hydroxylation is 1. The molecule has 0 radical (unpaired) electrons. The zero-order valence-electron chi connectivity index (χ0n) is 11.8. The zero-order valence-corrected chi connectivity index (χ0v) is 13.4. The zero-order chi connectivity index (χ0) is 16.4. The molecule has 0 aliphatic carbocycles. The molecule has 7 nitrogen and oxygen atoms in total. The topological polar surface area (TPSA) is 104 Å². The molecule has 9 heteroatoms. The lowest BCUT2D eigenvalue weighted by Gasteiger charge is -2.07. The fourth-order valence-corrected chi connectivity index (χ4v) is 3.41. The van der Waals surface area contributed by atoms with Crippen LogP contribution >= 0.6 is 11.6 Å². The lowest BCUT2D eigenvalue weighted by Crippen LogP contribution is -2.12. The number of aromatic nitrogens is 3. The molecule has 0 spiro atoms. The fourth-order valence-electron chi connectivity index (χ4n) is 2.18. The molecule has 0 amide bonds. The van der Waals surface area contributed by atoms with E-state index in [1.165, 1.54) is 17.1 Å². The molecule has 0 saturated heterocycles. The van der Waals surface area contributed by atoms with Gasteiger partial charge < -0.3 is 4.98 Å². The Kier molecular flexibility index (Phi) is 3.98. The molecule has 3 aromatic rings. The predicted molar refractivity (Wildman–Crippen MR) is 86.6 cm³/mol. The van der Waals surface area contributed by atoms with Crippen LogP contribution < -0.4 is 4.72 Å². The Labute approximate surface area is 137 Å². The summed E-state index contributed by atoms with van der Waals surface area (Å²) < 4.78 is 28.9. The van der Waals surface area contributed by atoms with Crippen LogP contribution in [0, 0.1) is 11.3 Å². The van der Waals surface area contributed by atoms with Crippen LogP contribution in [0.5, 0.6) is 0 Å². The van der Waals surface area contributed by atoms with Gasteiger partial charge in [-0.25, -0.2) is 8.42 Å². The Morgan fingerprint density at radius 3 is 3.04 bits per heavy atom. The first-order valence-electron chi connectivity index (χ1n) is 6.69. The third kappa shape index (κ3) is 3.02. The first-order chi connectivity index (χ1) is 11.0. The smallest absolute Gasteiger partial charge is 0.265 e. The third-order valence-electron chi connectivity index (χ3n) is 3.28. The number of hydrogen-bond acceptors (Lipinski definition) is 4. The number of hydrogen-bond donors (Lipinski definition) is 2. The molecule has 2 N–H and O–H groups in total. The van der Waals surface area contributed by atoms with Crippen molar-refractivity contribution in [3.63, 3.8) is 0 Å². The van der Waals surface area contributed by atoms with E-state index in [1.54, 1.807) is 24.4 Å². The first kappa shape index (κ1) is 15.4. The number of nitrogens with zero attached hydrogens (tertiary/aromatic N) is 3. The molecule has 0 saturated carbocycles. The van der Waals surface area contributed by atoms with Crippen molar-refractivity contribution in [2.75, 3.05) is 4.72 Å². The summed E-state index contributed by atoms with van der Waals surface area (Å²) in [7, 11) is -3.78. The van der Waals surface area contributed by atoms with E-state index in [2.05, 4.69) is 14.8 Å². The lowest BCUT2D eigenvalue weighted by molar-refractivity contribution is 0.599. The van der Waals surface area contributed by atoms with Gasteiger partial charge >= 0.3 is 0 Å². The van der Waals surface area contributed by atoms with Gasteiger partial charge in [-0.1, -0.05) is 23.7 Å². The maximum Gasteiger partial charge on any atom is 0.265 e. The Balaban J connectivity index is 1.91. The van der Waals surface area contributed by atoms with Crippen molar-refractivity contribution in [1.82, 2.24) is 14.8 Å².